The van der Waals surface area contributed by atoms with Crippen LogP contribution >= 0.6 is 0 Å². The van der Waals surface area contributed by atoms with Crippen molar-refractivity contribution < 1.29 is 14.3 Å². The number of hydrogen-bond acceptors (Lipinski definition) is 4. The molecule has 0 fully saturated rings. The van der Waals surface area contributed by atoms with Crippen LogP contribution in [0.25, 0.3) is 0 Å². The van der Waals surface area contributed by atoms with Crippen LogP contribution in [0.2, 0.25) is 0 Å². The minimum atomic E-state index is -0.615. The van der Waals surface area contributed by atoms with E-state index in [9.17, 15) is 14.7 Å². The van der Waals surface area contributed by atoms with E-state index in [1.165, 1.54) is 115 Å². The van der Waals surface area contributed by atoms with E-state index in [2.05, 4.69) is 6.92 Å². The fourth-order valence-corrected chi connectivity index (χ4v) is 4.29. The molecular weight excluding hydrogens is 400 g/mol. The van der Waals surface area contributed by atoms with Crippen molar-refractivity contribution in [3.8, 4) is 5.75 Å². The second-order valence-electron chi connectivity index (χ2n) is 9.43. The predicted octanol–water partition coefficient (Wildman–Crippen LogP) is 8.28. The van der Waals surface area contributed by atoms with Gasteiger partial charge in [-0.15, -0.1) is 0 Å². The lowest BCUT2D eigenvalue weighted by atomic mass is 10.0. The number of carbonyl (C=O) groups is 1. The third kappa shape index (κ3) is 17.0. The van der Waals surface area contributed by atoms with Crippen LogP contribution in [0.1, 0.15) is 141 Å². The third-order valence-electron chi connectivity index (χ3n) is 6.24. The zero-order valence-electron chi connectivity index (χ0n) is 20.7. The molecule has 4 heteroatoms. The Balaban J connectivity index is 1.80. The summed E-state index contributed by atoms with van der Waals surface area (Å²) in [7, 11) is 0. The van der Waals surface area contributed by atoms with Gasteiger partial charge in [-0.1, -0.05) is 122 Å². The molecule has 1 heterocycles. The monoisotopic (exact) mass is 448 g/mol. The Hall–Kier alpha value is -1.58. The molecule has 4 nitrogen and oxygen atoms in total. The average molecular weight is 449 g/mol. The highest BCUT2D eigenvalue weighted by molar-refractivity contribution is 5.80. The minimum Gasteiger partial charge on any atom is -0.508 e. The highest BCUT2D eigenvalue weighted by Gasteiger charge is 2.08. The van der Waals surface area contributed by atoms with Gasteiger partial charge in [-0.25, -0.2) is 4.79 Å². The van der Waals surface area contributed by atoms with Gasteiger partial charge in [0.1, 0.15) is 17.3 Å². The lowest BCUT2D eigenvalue weighted by Gasteiger charge is -2.04. The van der Waals surface area contributed by atoms with Crippen molar-refractivity contribution in [3.05, 3.63) is 28.3 Å². The molecule has 0 spiro atoms. The van der Waals surface area contributed by atoms with Crippen molar-refractivity contribution in [2.45, 2.75) is 142 Å². The van der Waals surface area contributed by atoms with E-state index < -0.39 is 5.63 Å². The van der Waals surface area contributed by atoms with Gasteiger partial charge >= 0.3 is 5.63 Å². The SMILES string of the molecule is CCCCCCCCCCCCCCCCCCCCCC(=O)Cc1cc(O)cc(=O)o1. The summed E-state index contributed by atoms with van der Waals surface area (Å²) >= 11 is 0. The summed E-state index contributed by atoms with van der Waals surface area (Å²) < 4.78 is 4.94. The molecule has 32 heavy (non-hydrogen) atoms. The summed E-state index contributed by atoms with van der Waals surface area (Å²) in [6.07, 6.45) is 26.0. The maximum Gasteiger partial charge on any atom is 0.339 e. The second kappa shape index (κ2) is 20.1. The first-order valence-corrected chi connectivity index (χ1v) is 13.5. The molecule has 0 aliphatic heterocycles. The van der Waals surface area contributed by atoms with Gasteiger partial charge in [-0.05, 0) is 6.42 Å². The third-order valence-corrected chi connectivity index (χ3v) is 6.24. The number of rotatable bonds is 22. The number of carbonyl (C=O) groups excluding carboxylic acids is 1. The van der Waals surface area contributed by atoms with Crippen molar-refractivity contribution in [1.82, 2.24) is 0 Å². The first kappa shape index (κ1) is 28.5. The Morgan fingerprint density at radius 3 is 1.50 bits per heavy atom. The maximum atomic E-state index is 12.0. The van der Waals surface area contributed by atoms with Crippen molar-refractivity contribution in [3.63, 3.8) is 0 Å². The Morgan fingerprint density at radius 2 is 1.09 bits per heavy atom. The molecular formula is C28H48O4. The summed E-state index contributed by atoms with van der Waals surface area (Å²) in [5, 5.41) is 9.38. The summed E-state index contributed by atoms with van der Waals surface area (Å²) in [5.74, 6) is 0.163. The number of ketones is 1. The van der Waals surface area contributed by atoms with Gasteiger partial charge in [-0.2, -0.15) is 0 Å². The quantitative estimate of drug-likeness (QED) is 0.181. The summed E-state index contributed by atoms with van der Waals surface area (Å²) in [6.45, 7) is 2.28. The normalized spacial score (nSPS) is 11.2. The van der Waals surface area contributed by atoms with Gasteiger partial charge in [0.05, 0.1) is 12.5 Å². The molecule has 1 rings (SSSR count). The van der Waals surface area contributed by atoms with Gasteiger partial charge in [0, 0.05) is 12.5 Å². The fourth-order valence-electron chi connectivity index (χ4n) is 4.29. The summed E-state index contributed by atoms with van der Waals surface area (Å²) in [4.78, 5) is 23.2. The van der Waals surface area contributed by atoms with Crippen LogP contribution in [-0.2, 0) is 11.2 Å². The van der Waals surface area contributed by atoms with E-state index >= 15 is 0 Å². The van der Waals surface area contributed by atoms with Gasteiger partial charge in [0.2, 0.25) is 0 Å². The topological polar surface area (TPSA) is 67.5 Å². The molecule has 0 bridgehead atoms. The molecule has 184 valence electrons. The molecule has 1 aromatic heterocycles. The smallest absolute Gasteiger partial charge is 0.339 e. The molecule has 0 unspecified atom stereocenters. The van der Waals surface area contributed by atoms with Gasteiger partial charge < -0.3 is 9.52 Å². The first-order chi connectivity index (χ1) is 15.6. The number of aromatic hydroxyl groups is 1. The molecule has 0 aromatic carbocycles. The minimum absolute atomic E-state index is 0.0609. The van der Waals surface area contributed by atoms with Crippen LogP contribution in [0.4, 0.5) is 0 Å². The highest BCUT2D eigenvalue weighted by atomic mass is 16.4. The first-order valence-electron chi connectivity index (χ1n) is 13.5. The Bertz CT molecular complexity index is 635. The molecule has 0 atom stereocenters. The number of unbranched alkanes of at least 4 members (excludes halogenated alkanes) is 18. The number of Topliss-reactive ketones (excluding diaryl/α,β-unsaturated/α-hetero) is 1. The molecule has 0 aliphatic carbocycles. The Morgan fingerprint density at radius 1 is 0.688 bits per heavy atom. The maximum absolute atomic E-state index is 12.0. The Labute approximate surface area is 196 Å². The zero-order valence-corrected chi connectivity index (χ0v) is 20.7. The highest BCUT2D eigenvalue weighted by Crippen LogP contribution is 2.15. The van der Waals surface area contributed by atoms with Gasteiger partial charge in [0.15, 0.2) is 0 Å². The van der Waals surface area contributed by atoms with E-state index in [1.54, 1.807) is 0 Å². The molecule has 1 aromatic rings. The van der Waals surface area contributed by atoms with Crippen LogP contribution in [0, 0.1) is 0 Å². The second-order valence-corrected chi connectivity index (χ2v) is 9.43. The molecule has 1 N–H and O–H groups in total. The molecule has 0 radical (unpaired) electrons. The lowest BCUT2D eigenvalue weighted by molar-refractivity contribution is -0.118. The molecule has 0 amide bonds. The number of hydrogen-bond donors (Lipinski definition) is 1. The predicted molar refractivity (Wildman–Crippen MR) is 133 cm³/mol. The van der Waals surface area contributed by atoms with E-state index in [4.69, 9.17) is 4.42 Å². The fraction of sp³-hybridized carbons (Fsp3) is 0.786. The van der Waals surface area contributed by atoms with Gasteiger partial charge in [-0.3, -0.25) is 4.79 Å². The van der Waals surface area contributed by atoms with E-state index in [1.807, 2.05) is 0 Å². The Kier molecular flexibility index (Phi) is 17.8. The van der Waals surface area contributed by atoms with Crippen molar-refractivity contribution in [1.29, 1.82) is 0 Å². The van der Waals surface area contributed by atoms with Crippen molar-refractivity contribution in [2.75, 3.05) is 0 Å². The standard InChI is InChI=1S/C28H48O4/c1-2-3-4-5-6-7-8-9-10-11-12-13-14-15-16-17-18-19-20-21-25(29)22-27-23-26(30)24-28(31)32-27/h23-24,30H,2-22H2,1H3. The van der Waals surface area contributed by atoms with Crippen LogP contribution in [0.3, 0.4) is 0 Å². The summed E-state index contributed by atoms with van der Waals surface area (Å²) in [6, 6.07) is 2.35. The molecule has 0 aliphatic rings. The van der Waals surface area contributed by atoms with Crippen LogP contribution in [0.5, 0.6) is 5.75 Å². The molecule has 0 saturated heterocycles. The van der Waals surface area contributed by atoms with Crippen LogP contribution < -0.4 is 5.63 Å². The van der Waals surface area contributed by atoms with Crippen molar-refractivity contribution >= 4 is 5.78 Å². The summed E-state index contributed by atoms with van der Waals surface area (Å²) in [5.41, 5.74) is -0.615. The van der Waals surface area contributed by atoms with E-state index in [0.717, 1.165) is 18.9 Å². The van der Waals surface area contributed by atoms with Crippen LogP contribution in [0.15, 0.2) is 21.3 Å². The zero-order chi connectivity index (χ0) is 23.3. The largest absolute Gasteiger partial charge is 0.508 e. The average Bonchev–Trinajstić information content (AvgIpc) is 2.74. The van der Waals surface area contributed by atoms with Crippen LogP contribution in [-0.4, -0.2) is 10.9 Å². The molecule has 0 saturated carbocycles. The lowest BCUT2D eigenvalue weighted by Crippen LogP contribution is -2.06. The van der Waals surface area contributed by atoms with E-state index in [0.29, 0.717) is 6.42 Å². The van der Waals surface area contributed by atoms with E-state index in [-0.39, 0.29) is 23.7 Å². The van der Waals surface area contributed by atoms with Crippen molar-refractivity contribution in [2.24, 2.45) is 0 Å². The van der Waals surface area contributed by atoms with Gasteiger partial charge in [0.25, 0.3) is 0 Å².